The molecule has 2 aromatic rings. The molecule has 0 radical (unpaired) electrons. The van der Waals surface area contributed by atoms with Crippen molar-refractivity contribution in [3.63, 3.8) is 0 Å². The highest BCUT2D eigenvalue weighted by molar-refractivity contribution is 9.10. The number of aliphatic hydroxyl groups excluding tert-OH is 1. The van der Waals surface area contributed by atoms with Crippen LogP contribution in [0.15, 0.2) is 34.9 Å². The van der Waals surface area contributed by atoms with Crippen LogP contribution in [0.1, 0.15) is 18.5 Å². The van der Waals surface area contributed by atoms with Crippen LogP contribution in [0.3, 0.4) is 0 Å². The van der Waals surface area contributed by atoms with Gasteiger partial charge in [0.05, 0.1) is 23.7 Å². The predicted octanol–water partition coefficient (Wildman–Crippen LogP) is 1.99. The van der Waals surface area contributed by atoms with E-state index in [-0.39, 0.29) is 6.10 Å². The van der Waals surface area contributed by atoms with Crippen LogP contribution in [-0.2, 0) is 6.54 Å². The number of piperidine rings is 1. The van der Waals surface area contributed by atoms with E-state index < -0.39 is 0 Å². The maximum atomic E-state index is 9.51. The summed E-state index contributed by atoms with van der Waals surface area (Å²) in [4.78, 5) is 2.31. The van der Waals surface area contributed by atoms with Gasteiger partial charge in [0, 0.05) is 24.1 Å². The lowest BCUT2D eigenvalue weighted by molar-refractivity contribution is 0.0786. The SMILES string of the molecule is OC1CCN(Cc2cn(-c3ccccc3Br)nn2)CC1. The average molecular weight is 337 g/mol. The van der Waals surface area contributed by atoms with E-state index in [1.165, 1.54) is 0 Å². The standard InChI is InChI=1S/C14H17BrN4O/c15-13-3-1-2-4-14(13)19-10-11(16-17-19)9-18-7-5-12(20)6-8-18/h1-4,10,12,20H,5-9H2. The van der Waals surface area contributed by atoms with E-state index >= 15 is 0 Å². The van der Waals surface area contributed by atoms with Gasteiger partial charge in [-0.15, -0.1) is 5.10 Å². The fraction of sp³-hybridized carbons (Fsp3) is 0.429. The minimum Gasteiger partial charge on any atom is -0.393 e. The zero-order valence-electron chi connectivity index (χ0n) is 11.1. The molecule has 1 fully saturated rings. The monoisotopic (exact) mass is 336 g/mol. The number of halogens is 1. The summed E-state index contributed by atoms with van der Waals surface area (Å²) in [6.45, 7) is 2.63. The fourth-order valence-electron chi connectivity index (χ4n) is 2.43. The number of rotatable bonds is 3. The molecule has 5 nitrogen and oxygen atoms in total. The van der Waals surface area contributed by atoms with Crippen LogP contribution in [0, 0.1) is 0 Å². The summed E-state index contributed by atoms with van der Waals surface area (Å²) in [7, 11) is 0. The van der Waals surface area contributed by atoms with Crippen LogP contribution in [0.2, 0.25) is 0 Å². The molecule has 0 atom stereocenters. The van der Waals surface area contributed by atoms with Crippen molar-refractivity contribution in [3.05, 3.63) is 40.6 Å². The van der Waals surface area contributed by atoms with Crippen molar-refractivity contribution in [2.75, 3.05) is 13.1 Å². The zero-order valence-corrected chi connectivity index (χ0v) is 12.7. The largest absolute Gasteiger partial charge is 0.393 e. The third kappa shape index (κ3) is 3.08. The Labute approximate surface area is 126 Å². The maximum Gasteiger partial charge on any atom is 0.0971 e. The quantitative estimate of drug-likeness (QED) is 0.931. The van der Waals surface area contributed by atoms with Gasteiger partial charge < -0.3 is 5.11 Å². The Morgan fingerprint density at radius 1 is 1.25 bits per heavy atom. The van der Waals surface area contributed by atoms with E-state index in [2.05, 4.69) is 31.1 Å². The predicted molar refractivity (Wildman–Crippen MR) is 79.6 cm³/mol. The summed E-state index contributed by atoms with van der Waals surface area (Å²) in [5, 5.41) is 17.9. The first-order valence-corrected chi connectivity index (χ1v) is 7.58. The average Bonchev–Trinajstić information content (AvgIpc) is 2.90. The van der Waals surface area contributed by atoms with Crippen molar-refractivity contribution in [3.8, 4) is 5.69 Å². The molecule has 20 heavy (non-hydrogen) atoms. The molecular weight excluding hydrogens is 320 g/mol. The van der Waals surface area contributed by atoms with Gasteiger partial charge in [0.15, 0.2) is 0 Å². The van der Waals surface area contributed by atoms with E-state index in [0.717, 1.165) is 48.3 Å². The first kappa shape index (κ1) is 13.7. The van der Waals surface area contributed by atoms with Crippen LogP contribution < -0.4 is 0 Å². The zero-order chi connectivity index (χ0) is 13.9. The summed E-state index contributed by atoms with van der Waals surface area (Å²) in [5.74, 6) is 0. The molecule has 6 heteroatoms. The van der Waals surface area contributed by atoms with Gasteiger partial charge in [0.1, 0.15) is 0 Å². The van der Waals surface area contributed by atoms with Gasteiger partial charge in [-0.1, -0.05) is 17.3 Å². The van der Waals surface area contributed by atoms with Crippen LogP contribution in [0.5, 0.6) is 0 Å². The number of nitrogens with zero attached hydrogens (tertiary/aromatic N) is 4. The molecule has 106 valence electrons. The molecule has 1 saturated heterocycles. The molecule has 0 amide bonds. The second kappa shape index (κ2) is 6.03. The van der Waals surface area contributed by atoms with E-state index in [0.29, 0.717) is 0 Å². The van der Waals surface area contributed by atoms with Gasteiger partial charge >= 0.3 is 0 Å². The summed E-state index contributed by atoms with van der Waals surface area (Å²) < 4.78 is 2.79. The molecule has 2 heterocycles. The molecule has 0 aliphatic carbocycles. The highest BCUT2D eigenvalue weighted by Gasteiger charge is 2.18. The third-order valence-corrected chi connectivity index (χ3v) is 4.25. The summed E-state index contributed by atoms with van der Waals surface area (Å²) in [5.41, 5.74) is 1.94. The normalized spacial score (nSPS) is 17.5. The summed E-state index contributed by atoms with van der Waals surface area (Å²) >= 11 is 3.52. The number of likely N-dealkylation sites (tertiary alicyclic amines) is 1. The molecule has 1 aromatic carbocycles. The Balaban J connectivity index is 1.70. The smallest absolute Gasteiger partial charge is 0.0971 e. The van der Waals surface area contributed by atoms with Crippen LogP contribution >= 0.6 is 15.9 Å². The molecule has 1 aromatic heterocycles. The van der Waals surface area contributed by atoms with Crippen LogP contribution in [0.4, 0.5) is 0 Å². The lowest BCUT2D eigenvalue weighted by atomic mass is 10.1. The van der Waals surface area contributed by atoms with Crippen molar-refractivity contribution in [2.45, 2.75) is 25.5 Å². The summed E-state index contributed by atoms with van der Waals surface area (Å²) in [6.07, 6.45) is 3.52. The van der Waals surface area contributed by atoms with Gasteiger partial charge in [-0.2, -0.15) is 0 Å². The Kier molecular flexibility index (Phi) is 4.14. The van der Waals surface area contributed by atoms with Gasteiger partial charge in [-0.25, -0.2) is 4.68 Å². The lowest BCUT2D eigenvalue weighted by Gasteiger charge is -2.28. The Bertz CT molecular complexity index is 578. The molecule has 0 bridgehead atoms. The molecule has 0 unspecified atom stereocenters. The van der Waals surface area contributed by atoms with E-state index in [4.69, 9.17) is 0 Å². The van der Waals surface area contributed by atoms with Gasteiger partial charge in [-0.3, -0.25) is 4.90 Å². The number of hydrogen-bond acceptors (Lipinski definition) is 4. The van der Waals surface area contributed by atoms with Crippen LogP contribution in [0.25, 0.3) is 5.69 Å². The van der Waals surface area contributed by atoms with Gasteiger partial charge in [-0.05, 0) is 40.9 Å². The Morgan fingerprint density at radius 3 is 2.75 bits per heavy atom. The number of aromatic nitrogens is 3. The van der Waals surface area contributed by atoms with Crippen molar-refractivity contribution in [1.29, 1.82) is 0 Å². The second-order valence-corrected chi connectivity index (χ2v) is 5.97. The first-order chi connectivity index (χ1) is 9.72. The maximum absolute atomic E-state index is 9.51. The van der Waals surface area contributed by atoms with Gasteiger partial charge in [0.2, 0.25) is 0 Å². The van der Waals surface area contributed by atoms with Crippen molar-refractivity contribution in [1.82, 2.24) is 19.9 Å². The van der Waals surface area contributed by atoms with E-state index in [9.17, 15) is 5.11 Å². The summed E-state index contributed by atoms with van der Waals surface area (Å²) in [6, 6.07) is 7.94. The molecular formula is C14H17BrN4O. The fourth-order valence-corrected chi connectivity index (χ4v) is 2.90. The Hall–Kier alpha value is -1.24. The lowest BCUT2D eigenvalue weighted by Crippen LogP contribution is -2.35. The molecule has 1 aliphatic heterocycles. The van der Waals surface area contributed by atoms with Crippen LogP contribution in [-0.4, -0.2) is 44.2 Å². The Morgan fingerprint density at radius 2 is 2.00 bits per heavy atom. The number of aliphatic hydroxyl groups is 1. The van der Waals surface area contributed by atoms with Crippen molar-refractivity contribution < 1.29 is 5.11 Å². The molecule has 3 rings (SSSR count). The van der Waals surface area contributed by atoms with E-state index in [1.54, 1.807) is 4.68 Å². The molecule has 1 N–H and O–H groups in total. The molecule has 0 spiro atoms. The van der Waals surface area contributed by atoms with E-state index in [1.807, 2.05) is 30.5 Å². The first-order valence-electron chi connectivity index (χ1n) is 6.79. The second-order valence-electron chi connectivity index (χ2n) is 5.11. The van der Waals surface area contributed by atoms with Gasteiger partial charge in [0.25, 0.3) is 0 Å². The number of benzene rings is 1. The topological polar surface area (TPSA) is 54.2 Å². The highest BCUT2D eigenvalue weighted by Crippen LogP contribution is 2.20. The highest BCUT2D eigenvalue weighted by atomic mass is 79.9. The minimum absolute atomic E-state index is 0.137. The van der Waals surface area contributed by atoms with Crippen molar-refractivity contribution >= 4 is 15.9 Å². The molecule has 1 aliphatic rings. The minimum atomic E-state index is -0.137. The number of hydrogen-bond donors (Lipinski definition) is 1. The number of para-hydroxylation sites is 1. The third-order valence-electron chi connectivity index (χ3n) is 3.58. The van der Waals surface area contributed by atoms with Crippen molar-refractivity contribution in [2.24, 2.45) is 0 Å². The molecule has 0 saturated carbocycles.